The summed E-state index contributed by atoms with van der Waals surface area (Å²) < 4.78 is 1.98. The van der Waals surface area contributed by atoms with Crippen LogP contribution in [0.3, 0.4) is 0 Å². The summed E-state index contributed by atoms with van der Waals surface area (Å²) >= 11 is 0. The molecule has 0 aliphatic heterocycles. The van der Waals surface area contributed by atoms with Gasteiger partial charge in [-0.3, -0.25) is 14.5 Å². The molecule has 29 heavy (non-hydrogen) atoms. The second-order valence-electron chi connectivity index (χ2n) is 8.02. The van der Waals surface area contributed by atoms with E-state index in [-0.39, 0.29) is 17.3 Å². The average molecular weight is 385 g/mol. The summed E-state index contributed by atoms with van der Waals surface area (Å²) in [5.74, 6) is 0.0233. The summed E-state index contributed by atoms with van der Waals surface area (Å²) in [6.45, 7) is 8.37. The lowest BCUT2D eigenvalue weighted by atomic mass is 9.87. The smallest absolute Gasteiger partial charge is 0.258 e. The summed E-state index contributed by atoms with van der Waals surface area (Å²) in [6, 6.07) is 15.3. The summed E-state index contributed by atoms with van der Waals surface area (Å²) in [5.41, 5.74) is 5.09. The number of amides is 1. The number of carbonyl (C=O) groups is 1. The zero-order valence-electron chi connectivity index (χ0n) is 17.0. The summed E-state index contributed by atoms with van der Waals surface area (Å²) in [5, 5.41) is 2.80. The Balaban J connectivity index is 1.61. The average Bonchev–Trinajstić information content (AvgIpc) is 3.03. The maximum Gasteiger partial charge on any atom is 0.258 e. The van der Waals surface area contributed by atoms with E-state index in [0.717, 1.165) is 17.0 Å². The Morgan fingerprint density at radius 2 is 1.76 bits per heavy atom. The zero-order chi connectivity index (χ0) is 20.6. The normalized spacial score (nSPS) is 11.6. The lowest BCUT2D eigenvalue weighted by Crippen LogP contribution is -2.16. The van der Waals surface area contributed by atoms with Crippen molar-refractivity contribution in [1.82, 2.24) is 19.4 Å². The van der Waals surface area contributed by atoms with Crippen molar-refractivity contribution in [1.29, 1.82) is 0 Å². The van der Waals surface area contributed by atoms with Crippen molar-refractivity contribution in [3.8, 4) is 11.4 Å². The van der Waals surface area contributed by atoms with Crippen LogP contribution in [0.15, 0.2) is 60.9 Å². The first-order chi connectivity index (χ1) is 13.8. The van der Waals surface area contributed by atoms with Crippen LogP contribution in [0, 0.1) is 6.92 Å². The van der Waals surface area contributed by atoms with E-state index in [0.29, 0.717) is 11.3 Å². The Labute approximate surface area is 169 Å². The molecule has 6 heteroatoms. The van der Waals surface area contributed by atoms with Gasteiger partial charge < -0.3 is 0 Å². The number of hydrogen-bond donors (Lipinski definition) is 1. The van der Waals surface area contributed by atoms with E-state index in [4.69, 9.17) is 0 Å². The first kappa shape index (κ1) is 18.8. The highest BCUT2D eigenvalue weighted by Crippen LogP contribution is 2.24. The van der Waals surface area contributed by atoms with Crippen molar-refractivity contribution in [3.05, 3.63) is 77.7 Å². The Morgan fingerprint density at radius 3 is 2.48 bits per heavy atom. The highest BCUT2D eigenvalue weighted by molar-refractivity contribution is 6.03. The molecule has 0 saturated carbocycles. The number of fused-ring (bicyclic) bond motifs is 1. The second-order valence-corrected chi connectivity index (χ2v) is 8.02. The van der Waals surface area contributed by atoms with Gasteiger partial charge in [-0.15, -0.1) is 0 Å². The van der Waals surface area contributed by atoms with Gasteiger partial charge in [0.1, 0.15) is 5.65 Å². The first-order valence-corrected chi connectivity index (χ1v) is 9.52. The highest BCUT2D eigenvalue weighted by atomic mass is 16.1. The zero-order valence-corrected chi connectivity index (χ0v) is 17.0. The van der Waals surface area contributed by atoms with E-state index in [1.807, 2.05) is 66.1 Å². The highest BCUT2D eigenvalue weighted by Gasteiger charge is 2.16. The number of anilines is 1. The maximum atomic E-state index is 12.6. The molecule has 6 nitrogen and oxygen atoms in total. The van der Waals surface area contributed by atoms with Crippen LogP contribution in [0.5, 0.6) is 0 Å². The van der Waals surface area contributed by atoms with Gasteiger partial charge >= 0.3 is 0 Å². The molecule has 0 atom stereocenters. The van der Waals surface area contributed by atoms with E-state index < -0.39 is 0 Å². The van der Waals surface area contributed by atoms with Gasteiger partial charge in [-0.05, 0) is 48.2 Å². The Morgan fingerprint density at radius 1 is 1.00 bits per heavy atom. The van der Waals surface area contributed by atoms with Crippen molar-refractivity contribution in [2.24, 2.45) is 0 Å². The van der Waals surface area contributed by atoms with Crippen molar-refractivity contribution in [2.75, 3.05) is 5.32 Å². The summed E-state index contributed by atoms with van der Waals surface area (Å²) in [6.07, 6.45) is 3.59. The third-order valence-electron chi connectivity index (χ3n) is 4.84. The first-order valence-electron chi connectivity index (χ1n) is 9.52. The molecule has 0 saturated heterocycles. The van der Waals surface area contributed by atoms with Crippen LogP contribution in [-0.4, -0.2) is 25.3 Å². The standard InChI is InChI=1S/C23H23N5O/c1-15-20(28-14-6-5-7-19(28)25-15)18-12-13-24-22(26-18)27-21(29)16-8-10-17(11-9-16)23(2,3)4/h5-14H,1-4H3,(H,24,26,27,29). The lowest BCUT2D eigenvalue weighted by molar-refractivity contribution is 0.102. The van der Waals surface area contributed by atoms with Crippen molar-refractivity contribution >= 4 is 17.5 Å². The van der Waals surface area contributed by atoms with Crippen molar-refractivity contribution in [3.63, 3.8) is 0 Å². The van der Waals surface area contributed by atoms with Gasteiger partial charge in [-0.1, -0.05) is 39.0 Å². The van der Waals surface area contributed by atoms with Crippen LogP contribution in [0.1, 0.15) is 42.4 Å². The van der Waals surface area contributed by atoms with Gasteiger partial charge in [-0.2, -0.15) is 0 Å². The third kappa shape index (κ3) is 3.74. The van der Waals surface area contributed by atoms with Crippen LogP contribution >= 0.6 is 0 Å². The molecule has 146 valence electrons. The van der Waals surface area contributed by atoms with Crippen LogP contribution in [0.25, 0.3) is 17.0 Å². The summed E-state index contributed by atoms with van der Waals surface area (Å²) in [7, 11) is 0. The van der Waals surface area contributed by atoms with E-state index >= 15 is 0 Å². The monoisotopic (exact) mass is 385 g/mol. The quantitative estimate of drug-likeness (QED) is 0.557. The number of nitrogens with one attached hydrogen (secondary N) is 1. The molecular weight excluding hydrogens is 362 g/mol. The van der Waals surface area contributed by atoms with E-state index in [1.165, 1.54) is 5.56 Å². The van der Waals surface area contributed by atoms with E-state index in [1.54, 1.807) is 6.20 Å². The van der Waals surface area contributed by atoms with Gasteiger partial charge in [-0.25, -0.2) is 15.0 Å². The van der Waals surface area contributed by atoms with Crippen molar-refractivity contribution in [2.45, 2.75) is 33.1 Å². The van der Waals surface area contributed by atoms with Gasteiger partial charge in [0.25, 0.3) is 5.91 Å². The van der Waals surface area contributed by atoms with E-state index in [9.17, 15) is 4.79 Å². The predicted octanol–water partition coefficient (Wildman–Crippen LogP) is 4.65. The van der Waals surface area contributed by atoms with Crippen LogP contribution in [0.2, 0.25) is 0 Å². The molecule has 3 aromatic heterocycles. The summed E-state index contributed by atoms with van der Waals surface area (Å²) in [4.78, 5) is 26.0. The number of nitrogens with zero attached hydrogens (tertiary/aromatic N) is 4. The Kier molecular flexibility index (Phi) is 4.62. The fraction of sp³-hybridized carbons (Fsp3) is 0.217. The SMILES string of the molecule is Cc1nc2ccccn2c1-c1ccnc(NC(=O)c2ccc(C(C)(C)C)cc2)n1. The fourth-order valence-electron chi connectivity index (χ4n) is 3.27. The molecule has 0 unspecified atom stereocenters. The van der Waals surface area contributed by atoms with Crippen LogP contribution in [0.4, 0.5) is 5.95 Å². The molecule has 4 aromatic rings. The van der Waals surface area contributed by atoms with Gasteiger partial charge in [0.05, 0.1) is 17.1 Å². The molecule has 0 aliphatic rings. The molecule has 0 spiro atoms. The Bertz CT molecular complexity index is 1190. The van der Waals surface area contributed by atoms with Crippen molar-refractivity contribution < 1.29 is 4.79 Å². The number of hydrogen-bond acceptors (Lipinski definition) is 4. The number of aromatic nitrogens is 4. The number of carbonyl (C=O) groups excluding carboxylic acids is 1. The van der Waals surface area contributed by atoms with Gasteiger partial charge in [0, 0.05) is 18.0 Å². The third-order valence-corrected chi connectivity index (χ3v) is 4.84. The number of aryl methyl sites for hydroxylation is 1. The minimum atomic E-state index is -0.238. The minimum Gasteiger partial charge on any atom is -0.298 e. The lowest BCUT2D eigenvalue weighted by Gasteiger charge is -2.19. The van der Waals surface area contributed by atoms with E-state index in [2.05, 4.69) is 41.0 Å². The molecular formula is C23H23N5O. The second kappa shape index (κ2) is 7.13. The molecule has 4 rings (SSSR count). The molecule has 1 N–H and O–H groups in total. The minimum absolute atomic E-state index is 0.0400. The number of benzene rings is 1. The number of pyridine rings is 1. The number of rotatable bonds is 3. The van der Waals surface area contributed by atoms with Gasteiger partial charge in [0.2, 0.25) is 5.95 Å². The molecule has 3 heterocycles. The molecule has 1 aromatic carbocycles. The fourth-order valence-corrected chi connectivity index (χ4v) is 3.27. The van der Waals surface area contributed by atoms with Crippen LogP contribution < -0.4 is 5.32 Å². The predicted molar refractivity (Wildman–Crippen MR) is 114 cm³/mol. The maximum absolute atomic E-state index is 12.6. The molecule has 0 radical (unpaired) electrons. The van der Waals surface area contributed by atoms with Gasteiger partial charge in [0.15, 0.2) is 0 Å². The topological polar surface area (TPSA) is 72.2 Å². The largest absolute Gasteiger partial charge is 0.298 e. The van der Waals surface area contributed by atoms with Crippen LogP contribution in [-0.2, 0) is 5.41 Å². The molecule has 1 amide bonds. The molecule has 0 bridgehead atoms. The Hall–Kier alpha value is -3.54. The molecule has 0 fully saturated rings. The number of imidazole rings is 1. The molecule has 0 aliphatic carbocycles.